The summed E-state index contributed by atoms with van der Waals surface area (Å²) in [5.74, 6) is 0.714. The van der Waals surface area contributed by atoms with Gasteiger partial charge in [0.15, 0.2) is 11.0 Å². The van der Waals surface area contributed by atoms with E-state index < -0.39 is 7.12 Å². The van der Waals surface area contributed by atoms with Crippen molar-refractivity contribution in [2.24, 2.45) is 0 Å². The van der Waals surface area contributed by atoms with Gasteiger partial charge in [-0.1, -0.05) is 370 Å². The second-order valence-electron chi connectivity index (χ2n) is 35.1. The smallest absolute Gasteiger partial charge is 0.455 e. The van der Waals surface area contributed by atoms with Gasteiger partial charge in [0.25, 0.3) is 0 Å². The number of benzene rings is 17. The molecule has 0 aliphatic carbocycles. The highest BCUT2D eigenvalue weighted by Gasteiger charge is 2.52. The van der Waals surface area contributed by atoms with Gasteiger partial charge in [0.05, 0.1) is 53.2 Å². The lowest BCUT2D eigenvalue weighted by molar-refractivity contribution is 0.00578. The molecule has 0 atom stereocenters. The fourth-order valence-corrected chi connectivity index (χ4v) is 22.0. The highest BCUT2D eigenvalue weighted by Crippen LogP contribution is 2.47. The number of hydrogen-bond acceptors (Lipinski definition) is 15. The maximum atomic E-state index is 9.05. The highest BCUT2D eigenvalue weighted by atomic mass is 35.5. The molecule has 9 heterocycles. The Balaban J connectivity index is 0.000000109. The van der Waals surface area contributed by atoms with E-state index in [0.29, 0.717) is 16.4 Å². The van der Waals surface area contributed by atoms with Crippen LogP contribution >= 0.6 is 68.8 Å². The van der Waals surface area contributed by atoms with E-state index in [9.17, 15) is 0 Å². The predicted octanol–water partition coefficient (Wildman–Crippen LogP) is 32.3. The van der Waals surface area contributed by atoms with Gasteiger partial charge in [0.1, 0.15) is 22.3 Å². The van der Waals surface area contributed by atoms with E-state index in [1.54, 1.807) is 46.1 Å². The van der Waals surface area contributed by atoms with Crippen molar-refractivity contribution in [2.45, 2.75) is 38.9 Å². The van der Waals surface area contributed by atoms with Crippen molar-refractivity contribution in [1.82, 2.24) is 29.9 Å². The first-order chi connectivity index (χ1) is 68.4. The lowest BCUT2D eigenvalue weighted by Gasteiger charge is -2.32. The molecule has 0 unspecified atom stereocenters. The lowest BCUT2D eigenvalue weighted by atomic mass is 9.78. The molecule has 0 spiro atoms. The number of furan rings is 2. The first-order valence-corrected chi connectivity index (χ1v) is 49.5. The van der Waals surface area contributed by atoms with Crippen molar-refractivity contribution in [3.8, 4) is 112 Å². The van der Waals surface area contributed by atoms with Crippen LogP contribution in [0.15, 0.2) is 427 Å². The zero-order valence-corrected chi connectivity index (χ0v) is 80.8. The Kier molecular flexibility index (Phi) is 25.0. The van der Waals surface area contributed by atoms with Crippen LogP contribution in [0.4, 0.5) is 0 Å². The third-order valence-electron chi connectivity index (χ3n) is 25.7. The van der Waals surface area contributed by atoms with Gasteiger partial charge in [-0.3, -0.25) is 0 Å². The molecule has 12 nitrogen and oxygen atoms in total. The van der Waals surface area contributed by atoms with Crippen molar-refractivity contribution in [1.29, 1.82) is 0 Å². The summed E-state index contributed by atoms with van der Waals surface area (Å²) in [4.78, 5) is 27.7. The molecule has 0 saturated carbocycles. The molecule has 674 valence electrons. The van der Waals surface area contributed by atoms with E-state index in [1.807, 2.05) is 121 Å². The van der Waals surface area contributed by atoms with Crippen LogP contribution in [-0.2, 0) is 9.31 Å². The average molecular weight is 1930 g/mol. The number of halogens is 3. The first kappa shape index (κ1) is 90.2. The molecule has 1 aliphatic heterocycles. The largest absolute Gasteiger partial charge is 0.494 e. The van der Waals surface area contributed by atoms with Gasteiger partial charge in [-0.25, -0.2) is 29.9 Å². The van der Waals surface area contributed by atoms with E-state index in [1.165, 1.54) is 20.5 Å². The molecule has 2 N–H and O–H groups in total. The van der Waals surface area contributed by atoms with E-state index >= 15 is 0 Å². The SMILES string of the molecule is CC1(C)OB(c2cccc(-c3cccc(-c4cccc5c4oc4ccccc45)c3)c2)OC1(C)C.Clc1nc(-c2cccc(-c3ccccc3)c2)c2sc3ccccc3c2n1.Clc1nc(Cl)c2sc3ccccc3c2n1.OB(O)c1cccc(-c2ccccc2)c1.c1ccc(-c2cccc(-c3nc(-c4cccc(-c5cccc(-c6cccc7c6oc6ccccc67)c5)c4)nc4c3sc3ccccc34)c2)cc1. The fraction of sp³-hybridized carbons (Fsp3) is 0.0500. The Bertz CT molecular complexity index is 8970. The molecule has 0 radical (unpaired) electrons. The molecule has 0 amide bonds. The van der Waals surface area contributed by atoms with E-state index in [4.69, 9.17) is 73.0 Å². The standard InChI is InChI=1S/C46H28N2OS.C30H27BO3.C22H13ClN2S.C12H11BO2.C10H4Cl2N2S/c1-2-12-29(13-3-1)30-14-9-18-34(27-30)42-45-43(39-21-5-7-25-41(39)50-45)48-46(47-42)35-19-10-16-32(28-35)31-15-8-17-33(26-31)36-22-11-23-38-37-20-4-6-24-40(37)49-44(36)38;1-29(2)30(3,4)34-31(33-29)23-13-8-11-21(19-23)20-10-7-12-22(18-20)24-15-9-16-26-25-14-5-6-17-27(25)32-28(24)26;23-22-24-19(21-20(25-22)17-11-4-5-12-18(17)26-21)16-10-6-9-15(13-16)14-7-2-1-3-8-14;14-13(15)12-8-4-7-11(9-12)10-5-2-1-3-6-10;11-9-8-7(13-10(12)14-9)5-3-1-2-4-6(5)15-8/h1-28H;5-19H,1-4H3;1-13H;1-9,14-15H;1-4H. The van der Waals surface area contributed by atoms with Gasteiger partial charge in [-0.05, 0) is 189 Å². The summed E-state index contributed by atoms with van der Waals surface area (Å²) in [6.07, 6.45) is 0. The Morgan fingerprint density at radius 1 is 0.271 bits per heavy atom. The third kappa shape index (κ3) is 18.2. The molecule has 8 aromatic heterocycles. The van der Waals surface area contributed by atoms with Gasteiger partial charge in [-0.2, -0.15) is 0 Å². The van der Waals surface area contributed by atoms with E-state index in [-0.39, 0.29) is 28.9 Å². The summed E-state index contributed by atoms with van der Waals surface area (Å²) < 4.78 is 31.8. The molecular weight excluding hydrogens is 1850 g/mol. The number of nitrogens with zero attached hydrogens (tertiary/aromatic N) is 6. The lowest BCUT2D eigenvalue weighted by Crippen LogP contribution is -2.41. The Labute approximate surface area is 835 Å². The molecule has 140 heavy (non-hydrogen) atoms. The van der Waals surface area contributed by atoms with Gasteiger partial charge < -0.3 is 28.2 Å². The van der Waals surface area contributed by atoms with Gasteiger partial charge in [-0.15, -0.1) is 34.0 Å². The molecule has 1 fully saturated rings. The van der Waals surface area contributed by atoms with Gasteiger partial charge >= 0.3 is 14.2 Å². The Morgan fingerprint density at radius 3 is 1.06 bits per heavy atom. The van der Waals surface area contributed by atoms with Crippen LogP contribution in [-0.4, -0.2) is 65.4 Å². The second kappa shape index (κ2) is 38.8. The first-order valence-electron chi connectivity index (χ1n) is 45.9. The molecular formula is C120H83B2Cl3N6O6S3. The van der Waals surface area contributed by atoms with Crippen molar-refractivity contribution in [3.05, 3.63) is 434 Å². The number of para-hydroxylation sites is 4. The third-order valence-corrected chi connectivity index (χ3v) is 29.9. The van der Waals surface area contributed by atoms with Crippen LogP contribution in [0, 0.1) is 0 Å². The molecule has 0 bridgehead atoms. The molecule has 20 heteroatoms. The molecule has 25 aromatic rings. The average Bonchev–Trinajstić information content (AvgIpc) is 1.59. The van der Waals surface area contributed by atoms with Crippen LogP contribution < -0.4 is 10.9 Å². The number of thiophene rings is 3. The number of hydrogen-bond donors (Lipinski definition) is 2. The van der Waals surface area contributed by atoms with Crippen LogP contribution in [0.5, 0.6) is 0 Å². The fourth-order valence-electron chi connectivity index (χ4n) is 18.0. The normalized spacial score (nSPS) is 12.7. The summed E-state index contributed by atoms with van der Waals surface area (Å²) in [5, 5.41) is 26.9. The van der Waals surface area contributed by atoms with Crippen molar-refractivity contribution >= 4 is 199 Å². The highest BCUT2D eigenvalue weighted by molar-refractivity contribution is 7.27. The molecule has 1 aliphatic rings. The summed E-state index contributed by atoms with van der Waals surface area (Å²) in [7, 11) is -1.79. The second-order valence-corrected chi connectivity index (χ2v) is 39.3. The maximum Gasteiger partial charge on any atom is 0.494 e. The Morgan fingerprint density at radius 2 is 0.593 bits per heavy atom. The zero-order valence-electron chi connectivity index (χ0n) is 76.1. The van der Waals surface area contributed by atoms with Gasteiger partial charge in [0, 0.05) is 79.6 Å². The molecule has 26 rings (SSSR count). The monoisotopic (exact) mass is 1930 g/mol. The molecule has 17 aromatic carbocycles. The maximum absolute atomic E-state index is 9.05. The van der Waals surface area contributed by atoms with Crippen molar-refractivity contribution < 1.29 is 28.2 Å². The zero-order chi connectivity index (χ0) is 95.1. The van der Waals surface area contributed by atoms with Crippen LogP contribution in [0.3, 0.4) is 0 Å². The quantitative estimate of drug-likeness (QED) is 0.0677. The summed E-state index contributed by atoms with van der Waals surface area (Å²) in [6, 6.07) is 143. The minimum absolute atomic E-state index is 0.191. The van der Waals surface area contributed by atoms with E-state index in [0.717, 1.165) is 196 Å². The number of fused-ring (bicyclic) bond motifs is 15. The minimum Gasteiger partial charge on any atom is -0.455 e. The van der Waals surface area contributed by atoms with Gasteiger partial charge in [0.2, 0.25) is 10.6 Å². The van der Waals surface area contributed by atoms with Crippen LogP contribution in [0.25, 0.3) is 217 Å². The topological polar surface area (TPSA) is 163 Å². The minimum atomic E-state index is -1.41. The van der Waals surface area contributed by atoms with Crippen molar-refractivity contribution in [3.63, 3.8) is 0 Å². The number of rotatable bonds is 12. The van der Waals surface area contributed by atoms with E-state index in [2.05, 4.69) is 333 Å². The Hall–Kier alpha value is -14.9. The van der Waals surface area contributed by atoms with Crippen LogP contribution in [0.2, 0.25) is 15.7 Å². The summed E-state index contributed by atoms with van der Waals surface area (Å²) in [6.45, 7) is 8.33. The molecule has 1 saturated heterocycles. The number of aromatic nitrogens is 6. The van der Waals surface area contributed by atoms with Crippen LogP contribution in [0.1, 0.15) is 27.7 Å². The summed E-state index contributed by atoms with van der Waals surface area (Å²) >= 11 is 23.1. The summed E-state index contributed by atoms with van der Waals surface area (Å²) in [5.41, 5.74) is 27.8. The van der Waals surface area contributed by atoms with Crippen molar-refractivity contribution in [2.75, 3.05) is 0 Å². The predicted molar refractivity (Wildman–Crippen MR) is 587 cm³/mol.